The van der Waals surface area contributed by atoms with Gasteiger partial charge in [0.1, 0.15) is 0 Å². The molecule has 34 heavy (non-hydrogen) atoms. The molecular weight excluding hydrogens is 428 g/mol. The number of carbonyl (C=O) groups excluding carboxylic acids is 1. The molecule has 0 aliphatic carbocycles. The van der Waals surface area contributed by atoms with Gasteiger partial charge in [0.25, 0.3) is 11.5 Å². The van der Waals surface area contributed by atoms with Crippen LogP contribution >= 0.6 is 0 Å². The lowest BCUT2D eigenvalue weighted by Crippen LogP contribution is -2.22. The van der Waals surface area contributed by atoms with Gasteiger partial charge in [0.15, 0.2) is 0 Å². The predicted molar refractivity (Wildman–Crippen MR) is 134 cm³/mol. The van der Waals surface area contributed by atoms with E-state index in [1.54, 1.807) is 62.4 Å². The number of carbonyl (C=O) groups is 1. The maximum absolute atomic E-state index is 13.3. The van der Waals surface area contributed by atoms with Crippen LogP contribution in [0.5, 0.6) is 5.88 Å². The van der Waals surface area contributed by atoms with E-state index in [-0.39, 0.29) is 17.2 Å². The first-order valence-corrected chi connectivity index (χ1v) is 10.6. The second-order valence-electron chi connectivity index (χ2n) is 7.88. The molecule has 1 aliphatic rings. The predicted octanol–water partition coefficient (Wildman–Crippen LogP) is 5.07. The summed E-state index contributed by atoms with van der Waals surface area (Å²) in [5, 5.41) is 16.3. The molecule has 0 spiro atoms. The number of aryl methyl sites for hydroxylation is 1. The Labute approximate surface area is 197 Å². The van der Waals surface area contributed by atoms with Crippen molar-refractivity contribution in [2.75, 3.05) is 5.01 Å². The van der Waals surface area contributed by atoms with Crippen molar-refractivity contribution in [3.63, 3.8) is 0 Å². The number of hydrogen-bond acceptors (Lipinski definition) is 4. The average Bonchev–Trinajstić information content (AvgIpc) is 3.10. The summed E-state index contributed by atoms with van der Waals surface area (Å²) in [7, 11) is 0. The van der Waals surface area contributed by atoms with Gasteiger partial charge in [0, 0.05) is 5.56 Å². The zero-order valence-corrected chi connectivity index (χ0v) is 19.0. The minimum Gasteiger partial charge on any atom is -0.502 e. The van der Waals surface area contributed by atoms with Crippen molar-refractivity contribution < 1.29 is 9.90 Å². The Bertz CT molecular complexity index is 1490. The molecular formula is C27H22N4O3. The number of amides is 1. The van der Waals surface area contributed by atoms with E-state index in [0.717, 1.165) is 10.1 Å². The lowest BCUT2D eigenvalue weighted by molar-refractivity contribution is -0.114. The molecule has 0 unspecified atom stereocenters. The normalized spacial score (nSPS) is 14.6. The second kappa shape index (κ2) is 9.04. The van der Waals surface area contributed by atoms with Crippen molar-refractivity contribution in [1.82, 2.24) is 4.57 Å². The zero-order valence-electron chi connectivity index (χ0n) is 19.0. The fourth-order valence-corrected chi connectivity index (χ4v) is 3.81. The fourth-order valence-electron chi connectivity index (χ4n) is 3.81. The maximum Gasteiger partial charge on any atom is 0.280 e. The molecule has 7 nitrogen and oxygen atoms in total. The number of rotatable bonds is 4. The van der Waals surface area contributed by atoms with Crippen LogP contribution in [0.4, 0.5) is 11.4 Å². The monoisotopic (exact) mass is 450 g/mol. The molecule has 2 aromatic carbocycles. The summed E-state index contributed by atoms with van der Waals surface area (Å²) in [5.41, 5.74) is 3.15. The molecule has 1 aliphatic heterocycles. The molecule has 7 heteroatoms. The summed E-state index contributed by atoms with van der Waals surface area (Å²) in [6.45, 7) is 12.8. The van der Waals surface area contributed by atoms with Crippen molar-refractivity contribution in [3.8, 4) is 11.6 Å². The Morgan fingerprint density at radius 3 is 2.38 bits per heavy atom. The molecule has 0 fully saturated rings. The number of benzene rings is 2. The molecule has 1 aromatic heterocycles. The second-order valence-corrected chi connectivity index (χ2v) is 7.88. The first kappa shape index (κ1) is 22.5. The first-order chi connectivity index (χ1) is 16.3. The number of aromatic hydroxyl groups is 1. The van der Waals surface area contributed by atoms with E-state index in [9.17, 15) is 14.7 Å². The summed E-state index contributed by atoms with van der Waals surface area (Å²) in [6, 6.07) is 16.2. The average molecular weight is 450 g/mol. The lowest BCUT2D eigenvalue weighted by atomic mass is 10.1. The van der Waals surface area contributed by atoms with Gasteiger partial charge >= 0.3 is 0 Å². The SMILES string of the molecule is [C-]#[N+]c1c(C)c(/C=C/C=C2\C(=O)N(c3ccccc3)N=C2C)c(=O)n(-c2cccc(C)c2)c1O. The minimum absolute atomic E-state index is 0.00153. The van der Waals surface area contributed by atoms with Crippen LogP contribution in [-0.2, 0) is 4.79 Å². The standard InChI is InChI=1S/C27H22N4O3/c1-17-10-8-13-21(16-17)30-25(32)22(18(2)24(28-4)27(30)34)14-9-15-23-19(3)29-31(26(23)33)20-11-6-5-7-12-20/h5-16,34H,1-3H3/b14-9+,23-15-. The van der Waals surface area contributed by atoms with Crippen LogP contribution < -0.4 is 10.6 Å². The molecule has 0 saturated carbocycles. The summed E-state index contributed by atoms with van der Waals surface area (Å²) in [6.07, 6.45) is 4.75. The third-order valence-corrected chi connectivity index (χ3v) is 5.58. The summed E-state index contributed by atoms with van der Waals surface area (Å²) >= 11 is 0. The van der Waals surface area contributed by atoms with Crippen molar-refractivity contribution in [2.45, 2.75) is 20.8 Å². The number of allylic oxidation sites excluding steroid dienone is 2. The van der Waals surface area contributed by atoms with Crippen molar-refractivity contribution in [1.29, 1.82) is 0 Å². The lowest BCUT2D eigenvalue weighted by Gasteiger charge is -2.14. The number of pyridine rings is 1. The molecule has 1 N–H and O–H groups in total. The minimum atomic E-state index is -0.461. The molecule has 3 aromatic rings. The Hall–Kier alpha value is -4.70. The highest BCUT2D eigenvalue weighted by Gasteiger charge is 2.28. The quantitative estimate of drug-likeness (QED) is 0.445. The first-order valence-electron chi connectivity index (χ1n) is 10.6. The maximum atomic E-state index is 13.3. The van der Waals surface area contributed by atoms with Gasteiger partial charge in [0.05, 0.1) is 29.2 Å². The van der Waals surface area contributed by atoms with Crippen molar-refractivity contribution in [3.05, 3.63) is 111 Å². The van der Waals surface area contributed by atoms with Crippen molar-refractivity contribution >= 4 is 29.1 Å². The van der Waals surface area contributed by atoms with Crippen LogP contribution in [0.1, 0.15) is 23.6 Å². The van der Waals surface area contributed by atoms with E-state index in [2.05, 4.69) is 9.95 Å². The van der Waals surface area contributed by atoms with E-state index in [4.69, 9.17) is 6.57 Å². The molecule has 4 rings (SSSR count). The topological polar surface area (TPSA) is 79.3 Å². The van der Waals surface area contributed by atoms with E-state index >= 15 is 0 Å². The van der Waals surface area contributed by atoms with Gasteiger partial charge in [-0.05, 0) is 62.2 Å². The van der Waals surface area contributed by atoms with Crippen LogP contribution in [0.15, 0.2) is 82.2 Å². The molecule has 168 valence electrons. The molecule has 0 atom stereocenters. The highest BCUT2D eigenvalue weighted by Crippen LogP contribution is 2.33. The molecule has 0 saturated heterocycles. The summed E-state index contributed by atoms with van der Waals surface area (Å²) in [4.78, 5) is 29.6. The Kier molecular flexibility index (Phi) is 5.98. The van der Waals surface area contributed by atoms with E-state index in [1.165, 1.54) is 5.01 Å². The summed E-state index contributed by atoms with van der Waals surface area (Å²) in [5.74, 6) is -0.666. The van der Waals surface area contributed by atoms with Crippen LogP contribution in [0, 0.1) is 20.4 Å². The zero-order chi connectivity index (χ0) is 24.4. The fraction of sp³-hybridized carbons (Fsp3) is 0.111. The largest absolute Gasteiger partial charge is 0.502 e. The molecule has 0 radical (unpaired) electrons. The van der Waals surface area contributed by atoms with Gasteiger partial charge in [-0.15, -0.1) is 0 Å². The third kappa shape index (κ3) is 3.93. The van der Waals surface area contributed by atoms with Crippen molar-refractivity contribution in [2.24, 2.45) is 5.10 Å². The third-order valence-electron chi connectivity index (χ3n) is 5.58. The van der Waals surface area contributed by atoms with E-state index < -0.39 is 11.4 Å². The number of hydrogen-bond donors (Lipinski definition) is 1. The smallest absolute Gasteiger partial charge is 0.280 e. The molecule has 1 amide bonds. The van der Waals surface area contributed by atoms with Gasteiger partial charge < -0.3 is 5.11 Å². The number of para-hydroxylation sites is 1. The van der Waals surface area contributed by atoms with Gasteiger partial charge in [0.2, 0.25) is 11.6 Å². The number of nitrogens with zero attached hydrogens (tertiary/aromatic N) is 4. The number of anilines is 1. The van der Waals surface area contributed by atoms with Gasteiger partial charge in [-0.3, -0.25) is 14.2 Å². The van der Waals surface area contributed by atoms with Gasteiger partial charge in [-0.1, -0.05) is 42.5 Å². The van der Waals surface area contributed by atoms with Crippen LogP contribution in [-0.4, -0.2) is 21.3 Å². The Balaban J connectivity index is 1.76. The van der Waals surface area contributed by atoms with E-state index in [1.807, 2.05) is 31.2 Å². The van der Waals surface area contributed by atoms with E-state index in [0.29, 0.717) is 28.2 Å². The molecule has 2 heterocycles. The van der Waals surface area contributed by atoms with Crippen LogP contribution in [0.3, 0.4) is 0 Å². The van der Waals surface area contributed by atoms with Gasteiger partial charge in [-0.2, -0.15) is 10.1 Å². The Morgan fingerprint density at radius 1 is 1.00 bits per heavy atom. The number of aromatic nitrogens is 1. The van der Waals surface area contributed by atoms with Crippen LogP contribution in [0.2, 0.25) is 0 Å². The van der Waals surface area contributed by atoms with Gasteiger partial charge in [-0.25, -0.2) is 4.85 Å². The highest BCUT2D eigenvalue weighted by molar-refractivity contribution is 6.29. The summed E-state index contributed by atoms with van der Waals surface area (Å²) < 4.78 is 1.13. The number of hydrazone groups is 1. The Morgan fingerprint density at radius 2 is 1.71 bits per heavy atom. The highest BCUT2D eigenvalue weighted by atomic mass is 16.3. The molecule has 0 bridgehead atoms. The van der Waals surface area contributed by atoms with Crippen LogP contribution in [0.25, 0.3) is 16.6 Å².